The van der Waals surface area contributed by atoms with Crippen LogP contribution in [0.2, 0.25) is 5.02 Å². The van der Waals surface area contributed by atoms with Crippen LogP contribution in [0.25, 0.3) is 11.3 Å². The Morgan fingerprint density at radius 1 is 1.21 bits per heavy atom. The van der Waals surface area contributed by atoms with E-state index < -0.39 is 0 Å². The van der Waals surface area contributed by atoms with E-state index in [0.29, 0.717) is 28.4 Å². The molecule has 19 heavy (non-hydrogen) atoms. The quantitative estimate of drug-likeness (QED) is 0.680. The number of hydrogen-bond donors (Lipinski definition) is 3. The first-order valence-corrected chi connectivity index (χ1v) is 6.01. The molecule has 0 bridgehead atoms. The Morgan fingerprint density at radius 3 is 2.74 bits per heavy atom. The van der Waals surface area contributed by atoms with Crippen LogP contribution in [0.15, 0.2) is 35.6 Å². The van der Waals surface area contributed by atoms with Crippen molar-refractivity contribution in [3.8, 4) is 11.3 Å². The maximum Gasteiger partial charge on any atom is 0.273 e. The fourth-order valence-corrected chi connectivity index (χ4v) is 2.08. The normalized spacial score (nSPS) is 10.8. The average molecular weight is 276 g/mol. The van der Waals surface area contributed by atoms with Crippen LogP contribution in [0, 0.1) is 0 Å². The van der Waals surface area contributed by atoms with Crippen LogP contribution in [-0.4, -0.2) is 25.1 Å². The Bertz CT molecular complexity index is 757. The van der Waals surface area contributed by atoms with Crippen molar-refractivity contribution in [3.05, 3.63) is 57.6 Å². The Hall–Kier alpha value is -2.34. The zero-order valence-corrected chi connectivity index (χ0v) is 10.5. The number of aromatic nitrogens is 5. The summed E-state index contributed by atoms with van der Waals surface area (Å²) in [6.45, 7) is 0. The molecule has 0 saturated carbocycles. The topological polar surface area (TPSA) is 90.2 Å². The van der Waals surface area contributed by atoms with E-state index in [0.717, 1.165) is 5.69 Å². The highest BCUT2D eigenvalue weighted by Gasteiger charge is 2.13. The monoisotopic (exact) mass is 275 g/mol. The molecule has 96 valence electrons. The molecule has 0 aliphatic rings. The number of nitrogens with zero attached hydrogens (tertiary/aromatic N) is 2. The molecule has 0 aliphatic carbocycles. The van der Waals surface area contributed by atoms with E-state index in [2.05, 4.69) is 25.1 Å². The molecule has 0 amide bonds. The first-order valence-electron chi connectivity index (χ1n) is 5.63. The second-order valence-electron chi connectivity index (χ2n) is 4.03. The molecule has 0 spiro atoms. The van der Waals surface area contributed by atoms with Gasteiger partial charge in [0.05, 0.1) is 22.0 Å². The zero-order chi connectivity index (χ0) is 13.2. The highest BCUT2D eigenvalue weighted by molar-refractivity contribution is 6.30. The number of halogens is 1. The van der Waals surface area contributed by atoms with Gasteiger partial charge < -0.3 is 10.1 Å². The first kappa shape index (κ1) is 11.7. The maximum absolute atomic E-state index is 11.6. The highest BCUT2D eigenvalue weighted by atomic mass is 35.5. The number of hydrogen-bond acceptors (Lipinski definition) is 3. The lowest BCUT2D eigenvalue weighted by Crippen LogP contribution is -2.06. The van der Waals surface area contributed by atoms with Gasteiger partial charge in [0, 0.05) is 36.9 Å². The number of rotatable bonds is 3. The molecule has 0 radical (unpaired) electrons. The molecule has 0 fully saturated rings. The van der Waals surface area contributed by atoms with Gasteiger partial charge in [0.1, 0.15) is 0 Å². The standard InChI is InChI=1S/C12H10ClN5O/c13-7-3-8(16-5-7)4-10-11(15-2-1-14-10)9-6-17-18-12(9)19/h1-3,5-6,16H,4H2,(H2,17,18,19). The molecule has 3 N–H and O–H groups in total. The summed E-state index contributed by atoms with van der Waals surface area (Å²) >= 11 is 5.86. The second-order valence-corrected chi connectivity index (χ2v) is 4.46. The number of H-pyrrole nitrogens is 3. The maximum atomic E-state index is 11.6. The van der Waals surface area contributed by atoms with Gasteiger partial charge >= 0.3 is 0 Å². The van der Waals surface area contributed by atoms with Crippen LogP contribution in [0.3, 0.4) is 0 Å². The Kier molecular flexibility index (Phi) is 2.92. The van der Waals surface area contributed by atoms with Crippen molar-refractivity contribution in [1.82, 2.24) is 25.1 Å². The van der Waals surface area contributed by atoms with Crippen LogP contribution in [0.1, 0.15) is 11.4 Å². The predicted octanol–water partition coefficient (Wildman–Crippen LogP) is 1.73. The average Bonchev–Trinajstić information content (AvgIpc) is 2.99. The van der Waals surface area contributed by atoms with Crippen LogP contribution in [0.5, 0.6) is 0 Å². The highest BCUT2D eigenvalue weighted by Crippen LogP contribution is 2.19. The summed E-state index contributed by atoms with van der Waals surface area (Å²) in [5, 5.41) is 5.78. The van der Waals surface area contributed by atoms with Crippen molar-refractivity contribution in [2.75, 3.05) is 0 Å². The molecule has 0 aliphatic heterocycles. The zero-order valence-electron chi connectivity index (χ0n) is 9.77. The molecular weight excluding hydrogens is 266 g/mol. The van der Waals surface area contributed by atoms with Gasteiger partial charge in [0.15, 0.2) is 0 Å². The molecule has 3 heterocycles. The first-order chi connectivity index (χ1) is 9.24. The van der Waals surface area contributed by atoms with Gasteiger partial charge in [-0.15, -0.1) is 0 Å². The fraction of sp³-hybridized carbons (Fsp3) is 0.0833. The summed E-state index contributed by atoms with van der Waals surface area (Å²) in [5.74, 6) is 0. The van der Waals surface area contributed by atoms with Crippen molar-refractivity contribution in [1.29, 1.82) is 0 Å². The van der Waals surface area contributed by atoms with Crippen molar-refractivity contribution in [3.63, 3.8) is 0 Å². The van der Waals surface area contributed by atoms with Crippen molar-refractivity contribution in [2.24, 2.45) is 0 Å². The summed E-state index contributed by atoms with van der Waals surface area (Å²) < 4.78 is 0. The molecule has 3 aromatic heterocycles. The molecule has 0 unspecified atom stereocenters. The summed E-state index contributed by atoms with van der Waals surface area (Å²) in [6, 6.07) is 1.82. The minimum Gasteiger partial charge on any atom is -0.363 e. The number of aromatic amines is 3. The van der Waals surface area contributed by atoms with E-state index in [9.17, 15) is 4.79 Å². The Balaban J connectivity index is 2.03. The molecule has 6 nitrogen and oxygen atoms in total. The minimum atomic E-state index is -0.216. The molecule has 0 saturated heterocycles. The van der Waals surface area contributed by atoms with Gasteiger partial charge in [-0.05, 0) is 6.07 Å². The third-order valence-corrected chi connectivity index (χ3v) is 2.96. The van der Waals surface area contributed by atoms with Gasteiger partial charge in [-0.2, -0.15) is 0 Å². The van der Waals surface area contributed by atoms with E-state index >= 15 is 0 Å². The van der Waals surface area contributed by atoms with Gasteiger partial charge in [-0.25, -0.2) is 0 Å². The van der Waals surface area contributed by atoms with E-state index in [1.54, 1.807) is 24.8 Å². The van der Waals surface area contributed by atoms with Crippen molar-refractivity contribution >= 4 is 11.6 Å². The van der Waals surface area contributed by atoms with E-state index in [4.69, 9.17) is 11.6 Å². The third kappa shape index (κ3) is 2.30. The van der Waals surface area contributed by atoms with Crippen molar-refractivity contribution in [2.45, 2.75) is 6.42 Å². The summed E-state index contributed by atoms with van der Waals surface area (Å²) in [6.07, 6.45) is 6.98. The molecule has 3 aromatic rings. The van der Waals surface area contributed by atoms with Gasteiger partial charge in [0.25, 0.3) is 5.56 Å². The fourth-order valence-electron chi connectivity index (χ4n) is 1.90. The lowest BCUT2D eigenvalue weighted by Gasteiger charge is -2.03. The van der Waals surface area contributed by atoms with Crippen LogP contribution >= 0.6 is 11.6 Å². The van der Waals surface area contributed by atoms with E-state index in [1.165, 1.54) is 0 Å². The molecule has 3 rings (SSSR count). The summed E-state index contributed by atoms with van der Waals surface area (Å²) in [7, 11) is 0. The molecule has 0 atom stereocenters. The molecule has 0 aromatic carbocycles. The van der Waals surface area contributed by atoms with Crippen LogP contribution in [-0.2, 0) is 6.42 Å². The van der Waals surface area contributed by atoms with E-state index in [1.807, 2.05) is 6.07 Å². The minimum absolute atomic E-state index is 0.216. The van der Waals surface area contributed by atoms with Gasteiger partial charge in [-0.3, -0.25) is 19.9 Å². The third-order valence-electron chi connectivity index (χ3n) is 2.74. The summed E-state index contributed by atoms with van der Waals surface area (Å²) in [4.78, 5) is 23.2. The summed E-state index contributed by atoms with van der Waals surface area (Å²) in [5.41, 5.74) is 2.45. The van der Waals surface area contributed by atoms with Crippen molar-refractivity contribution < 1.29 is 0 Å². The van der Waals surface area contributed by atoms with Crippen LogP contribution < -0.4 is 5.56 Å². The molecule has 7 heteroatoms. The second kappa shape index (κ2) is 4.74. The van der Waals surface area contributed by atoms with Crippen LogP contribution in [0.4, 0.5) is 0 Å². The van der Waals surface area contributed by atoms with Gasteiger partial charge in [0.2, 0.25) is 0 Å². The molecular formula is C12H10ClN5O. The lowest BCUT2D eigenvalue weighted by atomic mass is 10.1. The predicted molar refractivity (Wildman–Crippen MR) is 71.0 cm³/mol. The smallest absolute Gasteiger partial charge is 0.273 e. The SMILES string of the molecule is O=c1[nH][nH]cc1-c1nccnc1Cc1cc(Cl)c[nH]1. The largest absolute Gasteiger partial charge is 0.363 e. The Labute approximate surface area is 112 Å². The Morgan fingerprint density at radius 2 is 2.05 bits per heavy atom. The lowest BCUT2D eigenvalue weighted by molar-refractivity contribution is 1.00. The number of nitrogens with one attached hydrogen (secondary N) is 3. The van der Waals surface area contributed by atoms with E-state index in [-0.39, 0.29) is 5.56 Å². The van der Waals surface area contributed by atoms with Gasteiger partial charge in [-0.1, -0.05) is 11.6 Å².